The summed E-state index contributed by atoms with van der Waals surface area (Å²) in [5.41, 5.74) is 0. The SMILES string of the molecule is CNC1CCCC(C)N(c2noc(C)n2)C1=O. The highest BCUT2D eigenvalue weighted by Gasteiger charge is 2.33. The van der Waals surface area contributed by atoms with Crippen LogP contribution in [0.25, 0.3) is 0 Å². The maximum absolute atomic E-state index is 12.3. The van der Waals surface area contributed by atoms with Crippen molar-refractivity contribution in [2.45, 2.75) is 45.2 Å². The highest BCUT2D eigenvalue weighted by atomic mass is 16.5. The number of anilines is 1. The van der Waals surface area contributed by atoms with Crippen molar-refractivity contribution < 1.29 is 9.32 Å². The zero-order chi connectivity index (χ0) is 12.4. The number of likely N-dealkylation sites (N-methyl/N-ethyl adjacent to an activating group) is 1. The van der Waals surface area contributed by atoms with Crippen molar-refractivity contribution in [1.82, 2.24) is 15.5 Å². The van der Waals surface area contributed by atoms with Crippen molar-refractivity contribution in [1.29, 1.82) is 0 Å². The molecule has 1 aliphatic rings. The molecule has 6 heteroatoms. The van der Waals surface area contributed by atoms with E-state index in [0.29, 0.717) is 11.8 Å². The van der Waals surface area contributed by atoms with Gasteiger partial charge in [-0.2, -0.15) is 4.98 Å². The summed E-state index contributed by atoms with van der Waals surface area (Å²) in [7, 11) is 1.80. The number of nitrogens with zero attached hydrogens (tertiary/aromatic N) is 3. The third-order valence-electron chi connectivity index (χ3n) is 3.17. The van der Waals surface area contributed by atoms with Crippen molar-refractivity contribution in [2.24, 2.45) is 0 Å². The van der Waals surface area contributed by atoms with E-state index in [4.69, 9.17) is 4.52 Å². The van der Waals surface area contributed by atoms with Crippen LogP contribution in [0.15, 0.2) is 4.52 Å². The van der Waals surface area contributed by atoms with E-state index < -0.39 is 0 Å². The third kappa shape index (κ3) is 2.31. The Balaban J connectivity index is 2.30. The Morgan fingerprint density at radius 2 is 2.24 bits per heavy atom. The molecular formula is C11H18N4O2. The van der Waals surface area contributed by atoms with Gasteiger partial charge in [0.25, 0.3) is 5.95 Å². The summed E-state index contributed by atoms with van der Waals surface area (Å²) in [6.45, 7) is 3.74. The fraction of sp³-hybridized carbons (Fsp3) is 0.727. The van der Waals surface area contributed by atoms with Gasteiger partial charge in [0.15, 0.2) is 0 Å². The Morgan fingerprint density at radius 3 is 2.82 bits per heavy atom. The van der Waals surface area contributed by atoms with Crippen molar-refractivity contribution in [3.63, 3.8) is 0 Å². The topological polar surface area (TPSA) is 71.3 Å². The van der Waals surface area contributed by atoms with Crippen LogP contribution in [-0.2, 0) is 4.79 Å². The second-order valence-electron chi connectivity index (χ2n) is 4.44. The summed E-state index contributed by atoms with van der Waals surface area (Å²) in [4.78, 5) is 18.1. The van der Waals surface area contributed by atoms with Crippen LogP contribution in [0.3, 0.4) is 0 Å². The van der Waals surface area contributed by atoms with Crippen LogP contribution < -0.4 is 10.2 Å². The number of aryl methyl sites for hydroxylation is 1. The summed E-state index contributed by atoms with van der Waals surface area (Å²) >= 11 is 0. The van der Waals surface area contributed by atoms with Gasteiger partial charge in [0.1, 0.15) is 0 Å². The minimum atomic E-state index is -0.154. The van der Waals surface area contributed by atoms with Crippen LogP contribution in [0.4, 0.5) is 5.95 Å². The Morgan fingerprint density at radius 1 is 1.47 bits per heavy atom. The van der Waals surface area contributed by atoms with E-state index in [1.54, 1.807) is 18.9 Å². The normalized spacial score (nSPS) is 26.1. The van der Waals surface area contributed by atoms with Crippen LogP contribution in [0.1, 0.15) is 32.1 Å². The number of rotatable bonds is 2. The first-order valence-corrected chi connectivity index (χ1v) is 5.94. The van der Waals surface area contributed by atoms with Crippen molar-refractivity contribution in [2.75, 3.05) is 11.9 Å². The summed E-state index contributed by atoms with van der Waals surface area (Å²) in [6, 6.07) is -0.0448. The second-order valence-corrected chi connectivity index (χ2v) is 4.44. The average molecular weight is 238 g/mol. The third-order valence-corrected chi connectivity index (χ3v) is 3.17. The van der Waals surface area contributed by atoms with Gasteiger partial charge in [-0.25, -0.2) is 0 Å². The Hall–Kier alpha value is -1.43. The van der Waals surface area contributed by atoms with Crippen molar-refractivity contribution in [3.05, 3.63) is 5.89 Å². The molecule has 1 fully saturated rings. The van der Waals surface area contributed by atoms with Crippen molar-refractivity contribution >= 4 is 11.9 Å². The monoisotopic (exact) mass is 238 g/mol. The number of hydrogen-bond donors (Lipinski definition) is 1. The number of amides is 1. The van der Waals surface area contributed by atoms with Gasteiger partial charge in [-0.3, -0.25) is 9.69 Å². The molecule has 1 aromatic rings. The minimum absolute atomic E-state index is 0.0262. The first kappa shape index (κ1) is 12.0. The van der Waals surface area contributed by atoms with Gasteiger partial charge < -0.3 is 9.84 Å². The van der Waals surface area contributed by atoms with Crippen molar-refractivity contribution in [3.8, 4) is 0 Å². The average Bonchev–Trinajstić information content (AvgIpc) is 2.65. The maximum atomic E-state index is 12.3. The molecule has 0 aromatic carbocycles. The number of aromatic nitrogens is 2. The molecule has 1 aromatic heterocycles. The Kier molecular flexibility index (Phi) is 3.42. The Bertz CT molecular complexity index is 404. The predicted molar refractivity (Wildman–Crippen MR) is 62.7 cm³/mol. The van der Waals surface area contributed by atoms with E-state index in [1.165, 1.54) is 0 Å². The maximum Gasteiger partial charge on any atom is 0.273 e. The fourth-order valence-electron chi connectivity index (χ4n) is 2.20. The molecule has 0 radical (unpaired) electrons. The minimum Gasteiger partial charge on any atom is -0.338 e. The Labute approximate surface area is 100 Å². The highest BCUT2D eigenvalue weighted by Crippen LogP contribution is 2.22. The van der Waals surface area contributed by atoms with E-state index in [2.05, 4.69) is 15.5 Å². The van der Waals surface area contributed by atoms with Gasteiger partial charge in [0.2, 0.25) is 11.8 Å². The zero-order valence-electron chi connectivity index (χ0n) is 10.4. The summed E-state index contributed by atoms with van der Waals surface area (Å²) in [5, 5.41) is 6.89. The molecule has 0 spiro atoms. The molecule has 2 unspecified atom stereocenters. The van der Waals surface area contributed by atoms with Crippen LogP contribution in [0.5, 0.6) is 0 Å². The molecule has 0 saturated carbocycles. The van der Waals surface area contributed by atoms with E-state index in [0.717, 1.165) is 19.3 Å². The van der Waals surface area contributed by atoms with E-state index in [1.807, 2.05) is 6.92 Å². The first-order valence-electron chi connectivity index (χ1n) is 5.94. The number of carbonyl (C=O) groups excluding carboxylic acids is 1. The fourth-order valence-corrected chi connectivity index (χ4v) is 2.20. The molecule has 6 nitrogen and oxygen atoms in total. The van der Waals surface area contributed by atoms with Gasteiger partial charge >= 0.3 is 0 Å². The standard InChI is InChI=1S/C11H18N4O2/c1-7-5-4-6-9(12-3)10(16)15(7)11-13-8(2)17-14-11/h7,9,12H,4-6H2,1-3H3. The smallest absolute Gasteiger partial charge is 0.273 e. The lowest BCUT2D eigenvalue weighted by atomic mass is 10.1. The van der Waals surface area contributed by atoms with Gasteiger partial charge in [-0.1, -0.05) is 0 Å². The number of carbonyl (C=O) groups is 1. The molecule has 2 heterocycles. The number of nitrogens with one attached hydrogen (secondary N) is 1. The molecule has 2 rings (SSSR count). The molecule has 1 amide bonds. The molecule has 0 bridgehead atoms. The predicted octanol–water partition coefficient (Wildman–Crippen LogP) is 0.871. The first-order chi connectivity index (χ1) is 8.13. The van der Waals surface area contributed by atoms with Gasteiger partial charge in [-0.15, -0.1) is 0 Å². The summed E-state index contributed by atoms with van der Waals surface area (Å²) in [5.74, 6) is 0.880. The van der Waals surface area contributed by atoms with Gasteiger partial charge in [0, 0.05) is 13.0 Å². The summed E-state index contributed by atoms with van der Waals surface area (Å²) in [6.07, 6.45) is 2.83. The molecular weight excluding hydrogens is 220 g/mol. The largest absolute Gasteiger partial charge is 0.338 e. The second kappa shape index (κ2) is 4.83. The van der Waals surface area contributed by atoms with Crippen LogP contribution in [-0.4, -0.2) is 35.2 Å². The molecule has 0 aliphatic carbocycles. The van der Waals surface area contributed by atoms with E-state index >= 15 is 0 Å². The lowest BCUT2D eigenvalue weighted by Gasteiger charge is -2.25. The lowest BCUT2D eigenvalue weighted by Crippen LogP contribution is -2.47. The lowest BCUT2D eigenvalue weighted by molar-refractivity contribution is -0.120. The highest BCUT2D eigenvalue weighted by molar-refractivity contribution is 5.96. The van der Waals surface area contributed by atoms with E-state index in [-0.39, 0.29) is 18.0 Å². The molecule has 1 aliphatic heterocycles. The van der Waals surface area contributed by atoms with Crippen LogP contribution in [0, 0.1) is 6.92 Å². The molecule has 1 N–H and O–H groups in total. The van der Waals surface area contributed by atoms with E-state index in [9.17, 15) is 4.79 Å². The van der Waals surface area contributed by atoms with Crippen LogP contribution in [0.2, 0.25) is 0 Å². The van der Waals surface area contributed by atoms with Crippen LogP contribution >= 0.6 is 0 Å². The zero-order valence-corrected chi connectivity index (χ0v) is 10.4. The summed E-state index contributed by atoms with van der Waals surface area (Å²) < 4.78 is 4.95. The molecule has 94 valence electrons. The molecule has 1 saturated heterocycles. The van der Waals surface area contributed by atoms with Gasteiger partial charge in [-0.05, 0) is 38.4 Å². The van der Waals surface area contributed by atoms with Gasteiger partial charge in [0.05, 0.1) is 6.04 Å². The molecule has 17 heavy (non-hydrogen) atoms. The number of hydrogen-bond acceptors (Lipinski definition) is 5. The quantitative estimate of drug-likeness (QED) is 0.827. The molecule has 2 atom stereocenters.